The monoisotopic (exact) mass is 395 g/mol. The van der Waals surface area contributed by atoms with Gasteiger partial charge in [-0.25, -0.2) is 4.90 Å². The lowest BCUT2D eigenvalue weighted by molar-refractivity contribution is -0.128. The number of aldehydes is 1. The summed E-state index contributed by atoms with van der Waals surface area (Å²) < 4.78 is 0. The average Bonchev–Trinajstić information content (AvgIpc) is 3.05. The van der Waals surface area contributed by atoms with Crippen LogP contribution in [0.3, 0.4) is 0 Å². The first kappa shape index (κ1) is 17.2. The summed E-state index contributed by atoms with van der Waals surface area (Å²) in [7, 11) is 0. The lowest BCUT2D eigenvalue weighted by Crippen LogP contribution is -2.54. The van der Waals surface area contributed by atoms with Crippen molar-refractivity contribution in [2.45, 2.75) is 11.3 Å². The van der Waals surface area contributed by atoms with Gasteiger partial charge in [0.15, 0.2) is 0 Å². The van der Waals surface area contributed by atoms with Crippen LogP contribution in [0.4, 0.5) is 5.69 Å². The zero-order chi connectivity index (χ0) is 20.6. The number of benzene rings is 3. The van der Waals surface area contributed by atoms with Gasteiger partial charge in [-0.05, 0) is 46.5 Å². The topological polar surface area (TPSA) is 74.7 Å². The van der Waals surface area contributed by atoms with Gasteiger partial charge in [-0.2, -0.15) is 0 Å². The molecule has 146 valence electrons. The number of nitrogens with zero attached hydrogens (tertiary/aromatic N) is 1. The molecule has 7 rings (SSSR count). The molecule has 1 aliphatic heterocycles. The van der Waals surface area contributed by atoms with Crippen molar-refractivity contribution in [3.8, 4) is 5.75 Å². The third-order valence-corrected chi connectivity index (χ3v) is 6.98. The van der Waals surface area contributed by atoms with Crippen molar-refractivity contribution in [3.05, 3.63) is 95.1 Å². The first-order chi connectivity index (χ1) is 14.6. The van der Waals surface area contributed by atoms with E-state index in [2.05, 4.69) is 0 Å². The summed E-state index contributed by atoms with van der Waals surface area (Å²) in [6.07, 6.45) is 0.864. The first-order valence-electron chi connectivity index (χ1n) is 9.91. The fourth-order valence-corrected chi connectivity index (χ4v) is 5.89. The van der Waals surface area contributed by atoms with Crippen molar-refractivity contribution in [3.63, 3.8) is 0 Å². The van der Waals surface area contributed by atoms with Gasteiger partial charge in [-0.3, -0.25) is 9.59 Å². The molecule has 5 nitrogen and oxygen atoms in total. The molecule has 0 spiro atoms. The Morgan fingerprint density at radius 1 is 0.800 bits per heavy atom. The number of phenolic OH excluding ortho intramolecular Hbond substituents is 1. The molecule has 5 heteroatoms. The highest BCUT2D eigenvalue weighted by atomic mass is 16.3. The van der Waals surface area contributed by atoms with Crippen LogP contribution >= 0.6 is 0 Å². The number of phenols is 1. The second kappa shape index (κ2) is 5.66. The van der Waals surface area contributed by atoms with Crippen molar-refractivity contribution < 1.29 is 19.5 Å². The van der Waals surface area contributed by atoms with Crippen LogP contribution in [0, 0.1) is 11.8 Å². The summed E-state index contributed by atoms with van der Waals surface area (Å²) in [6, 6.07) is 21.3. The van der Waals surface area contributed by atoms with Crippen molar-refractivity contribution in [2.75, 3.05) is 4.90 Å². The SMILES string of the molecule is O=CC12c3ccccc3C(c3ccccc31)[C@H]1C(=O)N(c3ccc(O)cc3)C(=O)[C@@H]12. The van der Waals surface area contributed by atoms with Crippen LogP contribution in [-0.4, -0.2) is 23.2 Å². The van der Waals surface area contributed by atoms with Crippen molar-refractivity contribution in [2.24, 2.45) is 11.8 Å². The minimum absolute atomic E-state index is 0.0551. The lowest BCUT2D eigenvalue weighted by atomic mass is 9.48. The average molecular weight is 395 g/mol. The van der Waals surface area contributed by atoms with E-state index in [1.165, 1.54) is 17.0 Å². The van der Waals surface area contributed by atoms with Gasteiger partial charge in [0.1, 0.15) is 12.0 Å². The van der Waals surface area contributed by atoms with Crippen LogP contribution < -0.4 is 4.90 Å². The zero-order valence-electron chi connectivity index (χ0n) is 15.9. The molecule has 3 aromatic rings. The summed E-state index contributed by atoms with van der Waals surface area (Å²) in [4.78, 5) is 41.3. The summed E-state index contributed by atoms with van der Waals surface area (Å²) in [5.41, 5.74) is 2.74. The van der Waals surface area contributed by atoms with E-state index in [4.69, 9.17) is 0 Å². The van der Waals surface area contributed by atoms with Crippen LogP contribution in [0.5, 0.6) is 5.75 Å². The molecule has 0 saturated carbocycles. The number of amides is 2. The van der Waals surface area contributed by atoms with Crippen LogP contribution in [0.2, 0.25) is 0 Å². The van der Waals surface area contributed by atoms with Gasteiger partial charge in [0.2, 0.25) is 11.8 Å². The van der Waals surface area contributed by atoms with E-state index in [1.54, 1.807) is 12.1 Å². The van der Waals surface area contributed by atoms with Gasteiger partial charge in [0.05, 0.1) is 22.9 Å². The molecule has 1 fully saturated rings. The smallest absolute Gasteiger partial charge is 0.239 e. The molecule has 0 unspecified atom stereocenters. The normalized spacial score (nSPS) is 28.1. The number of anilines is 1. The summed E-state index contributed by atoms with van der Waals surface area (Å²) in [6.45, 7) is 0. The predicted molar refractivity (Wildman–Crippen MR) is 109 cm³/mol. The first-order valence-corrected chi connectivity index (χ1v) is 9.91. The Labute approximate surface area is 172 Å². The second-order valence-corrected chi connectivity index (χ2v) is 8.17. The molecule has 1 heterocycles. The number of hydrogen-bond donors (Lipinski definition) is 1. The summed E-state index contributed by atoms with van der Waals surface area (Å²) in [5, 5.41) is 9.61. The number of imide groups is 1. The molecule has 2 bridgehead atoms. The van der Waals surface area contributed by atoms with Crippen molar-refractivity contribution >= 4 is 23.8 Å². The van der Waals surface area contributed by atoms with E-state index in [-0.39, 0.29) is 23.5 Å². The second-order valence-electron chi connectivity index (χ2n) is 8.17. The maximum absolute atomic E-state index is 13.7. The van der Waals surface area contributed by atoms with Crippen molar-refractivity contribution in [1.29, 1.82) is 0 Å². The van der Waals surface area contributed by atoms with Gasteiger partial charge >= 0.3 is 0 Å². The van der Waals surface area contributed by atoms with E-state index in [9.17, 15) is 19.5 Å². The van der Waals surface area contributed by atoms with Gasteiger partial charge in [0, 0.05) is 5.92 Å². The molecule has 2 atom stereocenters. The Kier molecular flexibility index (Phi) is 3.24. The fraction of sp³-hybridized carbons (Fsp3) is 0.160. The standard InChI is InChI=1S/C25H17NO4/c27-13-25-18-7-3-1-5-16(18)20(17-6-2-4-8-19(17)25)21-22(25)24(30)26(23(21)29)14-9-11-15(28)12-10-14/h1-13,20-22,28H/t20?,21-,22-,25?/m1/s1. The van der Waals surface area contributed by atoms with Gasteiger partial charge in [-0.1, -0.05) is 48.5 Å². The maximum atomic E-state index is 13.7. The number of hydrogen-bond acceptors (Lipinski definition) is 4. The zero-order valence-corrected chi connectivity index (χ0v) is 15.9. The van der Waals surface area contributed by atoms with E-state index >= 15 is 0 Å². The Balaban J connectivity index is 1.64. The Bertz CT molecular complexity index is 1200. The van der Waals surface area contributed by atoms with E-state index in [1.807, 2.05) is 48.5 Å². The molecule has 1 N–H and O–H groups in total. The van der Waals surface area contributed by atoms with Crippen molar-refractivity contribution in [1.82, 2.24) is 0 Å². The number of rotatable bonds is 2. The largest absolute Gasteiger partial charge is 0.508 e. The van der Waals surface area contributed by atoms with Crippen LogP contribution in [-0.2, 0) is 19.8 Å². The summed E-state index contributed by atoms with van der Waals surface area (Å²) >= 11 is 0. The van der Waals surface area contributed by atoms with E-state index in [0.29, 0.717) is 5.69 Å². The molecule has 0 aromatic heterocycles. The van der Waals surface area contributed by atoms with Crippen LogP contribution in [0.25, 0.3) is 0 Å². The van der Waals surface area contributed by atoms with Gasteiger partial charge < -0.3 is 9.90 Å². The third-order valence-electron chi connectivity index (χ3n) is 6.98. The molecule has 0 radical (unpaired) electrons. The number of carbonyl (C=O) groups excluding carboxylic acids is 3. The highest BCUT2D eigenvalue weighted by molar-refractivity contribution is 6.24. The minimum atomic E-state index is -1.19. The Morgan fingerprint density at radius 2 is 1.37 bits per heavy atom. The Hall–Kier alpha value is -3.73. The quantitative estimate of drug-likeness (QED) is 0.534. The molecule has 3 aromatic carbocycles. The van der Waals surface area contributed by atoms with Gasteiger partial charge in [-0.15, -0.1) is 0 Å². The minimum Gasteiger partial charge on any atom is -0.508 e. The maximum Gasteiger partial charge on any atom is 0.239 e. The highest BCUT2D eigenvalue weighted by Crippen LogP contribution is 2.63. The molecule has 4 aliphatic rings. The third kappa shape index (κ3) is 1.81. The highest BCUT2D eigenvalue weighted by Gasteiger charge is 2.68. The van der Waals surface area contributed by atoms with E-state index < -0.39 is 17.3 Å². The molecule has 1 saturated heterocycles. The van der Waals surface area contributed by atoms with Gasteiger partial charge in [0.25, 0.3) is 0 Å². The summed E-state index contributed by atoms with van der Waals surface area (Å²) in [5.74, 6) is -2.30. The molecule has 30 heavy (non-hydrogen) atoms. The van der Waals surface area contributed by atoms with Crippen LogP contribution in [0.1, 0.15) is 28.2 Å². The van der Waals surface area contributed by atoms with E-state index in [0.717, 1.165) is 28.5 Å². The lowest BCUT2D eigenvalue weighted by Gasteiger charge is -2.51. The molecular formula is C25H17NO4. The molecule has 2 amide bonds. The molecule has 3 aliphatic carbocycles. The predicted octanol–water partition coefficient (Wildman–Crippen LogP) is 3.14. The number of aromatic hydroxyl groups is 1. The fourth-order valence-electron chi connectivity index (χ4n) is 5.89. The Morgan fingerprint density at radius 3 is 1.93 bits per heavy atom. The molecular weight excluding hydrogens is 378 g/mol. The van der Waals surface area contributed by atoms with Crippen LogP contribution in [0.15, 0.2) is 72.8 Å². The number of carbonyl (C=O) groups is 3.